The highest BCUT2D eigenvalue weighted by molar-refractivity contribution is 6.05. The van der Waals surface area contributed by atoms with Crippen LogP contribution in [0.15, 0.2) is 22.9 Å². The molecule has 0 aromatic carbocycles. The van der Waals surface area contributed by atoms with E-state index < -0.39 is 5.97 Å². The summed E-state index contributed by atoms with van der Waals surface area (Å²) in [6, 6.07) is 2.80. The maximum absolute atomic E-state index is 12.3. The fourth-order valence-corrected chi connectivity index (χ4v) is 1.85. The zero-order valence-electron chi connectivity index (χ0n) is 11.9. The van der Waals surface area contributed by atoms with Crippen LogP contribution in [-0.2, 0) is 0 Å². The van der Waals surface area contributed by atoms with Crippen LogP contribution in [0.5, 0.6) is 0 Å². The molecule has 7 nitrogen and oxygen atoms in total. The standard InChI is InChI=1S/C14H15N3O4/c1-7(2)12-11(8(3)17-21-12)13(18)16-9-4-5-10(14(19)20)15-6-9/h4-7H,1-3H3,(H,16,18)(H,19,20). The van der Waals surface area contributed by atoms with Gasteiger partial charge in [0.05, 0.1) is 17.6 Å². The Kier molecular flexibility index (Phi) is 4.02. The molecule has 0 spiro atoms. The van der Waals surface area contributed by atoms with Gasteiger partial charge in [-0.25, -0.2) is 9.78 Å². The third-order valence-electron chi connectivity index (χ3n) is 2.88. The normalized spacial score (nSPS) is 10.7. The number of aromatic carboxylic acids is 1. The first-order valence-electron chi connectivity index (χ1n) is 6.37. The van der Waals surface area contributed by atoms with E-state index >= 15 is 0 Å². The molecule has 1 amide bonds. The summed E-state index contributed by atoms with van der Waals surface area (Å²) in [5, 5.41) is 15.2. The number of nitrogens with zero attached hydrogens (tertiary/aromatic N) is 2. The van der Waals surface area contributed by atoms with E-state index in [-0.39, 0.29) is 17.5 Å². The van der Waals surface area contributed by atoms with Crippen LogP contribution >= 0.6 is 0 Å². The Morgan fingerprint density at radius 2 is 2.05 bits per heavy atom. The molecule has 2 rings (SSSR count). The average Bonchev–Trinajstić information content (AvgIpc) is 2.81. The predicted molar refractivity (Wildman–Crippen MR) is 74.5 cm³/mol. The van der Waals surface area contributed by atoms with Crippen molar-refractivity contribution in [2.75, 3.05) is 5.32 Å². The van der Waals surface area contributed by atoms with Gasteiger partial charge in [-0.3, -0.25) is 4.79 Å². The monoisotopic (exact) mass is 289 g/mol. The average molecular weight is 289 g/mol. The van der Waals surface area contributed by atoms with Gasteiger partial charge in [0.15, 0.2) is 5.76 Å². The van der Waals surface area contributed by atoms with E-state index in [1.54, 1.807) is 6.92 Å². The Bertz CT molecular complexity index is 674. The summed E-state index contributed by atoms with van der Waals surface area (Å²) in [5.41, 5.74) is 1.22. The van der Waals surface area contributed by atoms with Gasteiger partial charge in [-0.2, -0.15) is 0 Å². The number of aryl methyl sites for hydroxylation is 1. The molecule has 0 unspecified atom stereocenters. The molecule has 110 valence electrons. The molecule has 2 N–H and O–H groups in total. The highest BCUT2D eigenvalue weighted by Gasteiger charge is 2.22. The molecule has 0 aliphatic heterocycles. The molecule has 0 fully saturated rings. The molecule has 0 aliphatic carbocycles. The number of hydrogen-bond donors (Lipinski definition) is 2. The topological polar surface area (TPSA) is 105 Å². The van der Waals surface area contributed by atoms with Gasteiger partial charge in [0, 0.05) is 5.92 Å². The second-order valence-electron chi connectivity index (χ2n) is 4.85. The molecule has 0 aliphatic rings. The molecule has 0 saturated carbocycles. The van der Waals surface area contributed by atoms with Crippen molar-refractivity contribution in [2.45, 2.75) is 26.7 Å². The fourth-order valence-electron chi connectivity index (χ4n) is 1.85. The zero-order valence-corrected chi connectivity index (χ0v) is 11.9. The van der Waals surface area contributed by atoms with Gasteiger partial charge in [-0.05, 0) is 19.1 Å². The molecule has 0 bridgehead atoms. The second-order valence-corrected chi connectivity index (χ2v) is 4.85. The van der Waals surface area contributed by atoms with E-state index in [9.17, 15) is 9.59 Å². The molecule has 2 aromatic heterocycles. The number of amides is 1. The minimum atomic E-state index is -1.12. The van der Waals surface area contributed by atoms with Gasteiger partial charge in [0.1, 0.15) is 11.3 Å². The van der Waals surface area contributed by atoms with Crippen LogP contribution in [0.1, 0.15) is 52.1 Å². The van der Waals surface area contributed by atoms with E-state index in [0.29, 0.717) is 22.7 Å². The summed E-state index contributed by atoms with van der Waals surface area (Å²) in [4.78, 5) is 26.7. The minimum Gasteiger partial charge on any atom is -0.477 e. The Labute approximate surface area is 121 Å². The number of carboxylic acid groups (broad SMARTS) is 1. The smallest absolute Gasteiger partial charge is 0.354 e. The number of carbonyl (C=O) groups is 2. The molecular formula is C14H15N3O4. The van der Waals surface area contributed by atoms with Crippen molar-refractivity contribution in [3.8, 4) is 0 Å². The number of pyridine rings is 1. The third kappa shape index (κ3) is 3.07. The number of carbonyl (C=O) groups excluding carboxylic acids is 1. The van der Waals surface area contributed by atoms with Gasteiger partial charge >= 0.3 is 5.97 Å². The van der Waals surface area contributed by atoms with Crippen molar-refractivity contribution in [2.24, 2.45) is 0 Å². The maximum atomic E-state index is 12.3. The lowest BCUT2D eigenvalue weighted by molar-refractivity contribution is 0.0690. The van der Waals surface area contributed by atoms with Crippen molar-refractivity contribution in [1.29, 1.82) is 0 Å². The predicted octanol–water partition coefficient (Wildman–Crippen LogP) is 2.45. The maximum Gasteiger partial charge on any atom is 0.354 e. The molecule has 7 heteroatoms. The number of rotatable bonds is 4. The number of anilines is 1. The molecule has 0 radical (unpaired) electrons. The van der Waals surface area contributed by atoms with Gasteiger partial charge in [-0.1, -0.05) is 19.0 Å². The first-order valence-corrected chi connectivity index (χ1v) is 6.37. The van der Waals surface area contributed by atoms with Crippen LogP contribution in [0.2, 0.25) is 0 Å². The highest BCUT2D eigenvalue weighted by atomic mass is 16.5. The first kappa shape index (κ1) is 14.7. The Morgan fingerprint density at radius 3 is 2.57 bits per heavy atom. The lowest BCUT2D eigenvalue weighted by atomic mass is 10.0. The molecule has 0 saturated heterocycles. The van der Waals surface area contributed by atoms with Crippen LogP contribution in [0.25, 0.3) is 0 Å². The number of nitrogens with one attached hydrogen (secondary N) is 1. The van der Waals surface area contributed by atoms with Gasteiger partial charge in [0.2, 0.25) is 0 Å². The lowest BCUT2D eigenvalue weighted by Gasteiger charge is -2.07. The first-order chi connectivity index (χ1) is 9.90. The number of hydrogen-bond acceptors (Lipinski definition) is 5. The van der Waals surface area contributed by atoms with E-state index in [1.165, 1.54) is 18.3 Å². The quantitative estimate of drug-likeness (QED) is 0.895. The van der Waals surface area contributed by atoms with E-state index in [1.807, 2.05) is 13.8 Å². The van der Waals surface area contributed by atoms with Gasteiger partial charge in [0.25, 0.3) is 5.91 Å². The highest BCUT2D eigenvalue weighted by Crippen LogP contribution is 2.23. The van der Waals surface area contributed by atoms with E-state index in [4.69, 9.17) is 9.63 Å². The van der Waals surface area contributed by atoms with E-state index in [2.05, 4.69) is 15.5 Å². The molecule has 2 aromatic rings. The van der Waals surface area contributed by atoms with Gasteiger partial charge < -0.3 is 14.9 Å². The van der Waals surface area contributed by atoms with Crippen LogP contribution < -0.4 is 5.32 Å². The van der Waals surface area contributed by atoms with Crippen LogP contribution in [0.3, 0.4) is 0 Å². The summed E-state index contributed by atoms with van der Waals surface area (Å²) in [7, 11) is 0. The number of carboxylic acids is 1. The largest absolute Gasteiger partial charge is 0.477 e. The third-order valence-corrected chi connectivity index (χ3v) is 2.88. The summed E-state index contributed by atoms with van der Waals surface area (Å²) in [6.45, 7) is 5.50. The van der Waals surface area contributed by atoms with Crippen molar-refractivity contribution >= 4 is 17.6 Å². The van der Waals surface area contributed by atoms with Crippen molar-refractivity contribution < 1.29 is 19.2 Å². The van der Waals surface area contributed by atoms with Crippen LogP contribution in [0, 0.1) is 6.92 Å². The SMILES string of the molecule is Cc1noc(C(C)C)c1C(=O)Nc1ccc(C(=O)O)nc1. The molecule has 0 atom stereocenters. The second kappa shape index (κ2) is 5.74. The lowest BCUT2D eigenvalue weighted by Crippen LogP contribution is -2.15. The summed E-state index contributed by atoms with van der Waals surface area (Å²) in [5.74, 6) is -0.938. The molecule has 2 heterocycles. The van der Waals surface area contributed by atoms with Crippen molar-refractivity contribution in [3.63, 3.8) is 0 Å². The Hall–Kier alpha value is -2.70. The van der Waals surface area contributed by atoms with Crippen molar-refractivity contribution in [3.05, 3.63) is 41.0 Å². The zero-order chi connectivity index (χ0) is 15.6. The fraction of sp³-hybridized carbons (Fsp3) is 0.286. The van der Waals surface area contributed by atoms with E-state index in [0.717, 1.165) is 0 Å². The summed E-state index contributed by atoms with van der Waals surface area (Å²) >= 11 is 0. The number of aromatic nitrogens is 2. The summed E-state index contributed by atoms with van der Waals surface area (Å²) < 4.78 is 5.16. The van der Waals surface area contributed by atoms with Crippen LogP contribution in [-0.4, -0.2) is 27.1 Å². The molecular weight excluding hydrogens is 274 g/mol. The Balaban J connectivity index is 2.22. The van der Waals surface area contributed by atoms with Crippen molar-refractivity contribution in [1.82, 2.24) is 10.1 Å². The minimum absolute atomic E-state index is 0.0273. The van der Waals surface area contributed by atoms with Crippen LogP contribution in [0.4, 0.5) is 5.69 Å². The summed E-state index contributed by atoms with van der Waals surface area (Å²) in [6.07, 6.45) is 1.29. The van der Waals surface area contributed by atoms with Gasteiger partial charge in [-0.15, -0.1) is 0 Å². The molecule has 21 heavy (non-hydrogen) atoms. The Morgan fingerprint density at radius 1 is 1.33 bits per heavy atom.